The van der Waals surface area contributed by atoms with Gasteiger partial charge in [0.25, 0.3) is 0 Å². The summed E-state index contributed by atoms with van der Waals surface area (Å²) >= 11 is 0. The highest BCUT2D eigenvalue weighted by Crippen LogP contribution is 2.87. The molecule has 1 N–H and O–H groups in total. The van der Waals surface area contributed by atoms with Crippen LogP contribution in [0.2, 0.25) is 0 Å². The first-order valence-corrected chi connectivity index (χ1v) is 12.2. The molecule has 28 heavy (non-hydrogen) atoms. The lowest BCUT2D eigenvalue weighted by atomic mass is 9.46. The molecule has 9 unspecified atom stereocenters. The molecular formula is C26H42O2. The molecule has 1 aliphatic heterocycles. The minimum absolute atomic E-state index is 0. The fourth-order valence-corrected chi connectivity index (χ4v) is 10.4. The first-order chi connectivity index (χ1) is 13.3. The van der Waals surface area contributed by atoms with Crippen molar-refractivity contribution in [3.05, 3.63) is 12.7 Å². The van der Waals surface area contributed by atoms with Gasteiger partial charge in [0.1, 0.15) is 0 Å². The van der Waals surface area contributed by atoms with Crippen LogP contribution in [0.3, 0.4) is 0 Å². The van der Waals surface area contributed by atoms with Crippen molar-refractivity contribution in [2.75, 3.05) is 0 Å². The second kappa shape index (κ2) is 5.47. The van der Waals surface area contributed by atoms with Gasteiger partial charge in [-0.05, 0) is 110 Å². The van der Waals surface area contributed by atoms with Crippen molar-refractivity contribution in [2.45, 2.75) is 103 Å². The van der Waals surface area contributed by atoms with Crippen LogP contribution in [-0.2, 0) is 4.74 Å². The molecule has 10 atom stereocenters. The second-order valence-corrected chi connectivity index (χ2v) is 12.6. The minimum atomic E-state index is -0.0928. The van der Waals surface area contributed by atoms with Crippen LogP contribution in [0.25, 0.3) is 0 Å². The first kappa shape index (κ1) is 18.4. The van der Waals surface area contributed by atoms with E-state index in [0.717, 1.165) is 30.1 Å². The monoisotopic (exact) mass is 386 g/mol. The highest BCUT2D eigenvalue weighted by molar-refractivity contribution is 5.29. The third-order valence-electron chi connectivity index (χ3n) is 11.9. The van der Waals surface area contributed by atoms with E-state index in [1.807, 2.05) is 6.08 Å². The maximum atomic E-state index is 10.8. The molecule has 0 aromatic heterocycles. The first-order valence-electron chi connectivity index (χ1n) is 12.2. The largest absolute Gasteiger partial charge is 0.393 e. The predicted molar refractivity (Wildman–Crippen MR) is 114 cm³/mol. The summed E-state index contributed by atoms with van der Waals surface area (Å²) in [4.78, 5) is 0. The Bertz CT molecular complexity index is 705. The molecule has 1 saturated heterocycles. The Hall–Kier alpha value is -0.340. The lowest BCUT2D eigenvalue weighted by molar-refractivity contribution is -0.134. The highest BCUT2D eigenvalue weighted by Gasteiger charge is 2.80. The highest BCUT2D eigenvalue weighted by atomic mass is 16.5. The molecule has 0 aromatic carbocycles. The van der Waals surface area contributed by atoms with E-state index in [0.29, 0.717) is 28.5 Å². The van der Waals surface area contributed by atoms with Crippen LogP contribution in [0.1, 0.15) is 86.4 Å². The number of aliphatic hydroxyl groups excluding tert-OH is 1. The van der Waals surface area contributed by atoms with E-state index in [4.69, 9.17) is 4.74 Å². The minimum Gasteiger partial charge on any atom is -0.393 e. The number of ether oxygens (including phenoxy) is 1. The number of hydrogen-bond acceptors (Lipinski definition) is 2. The molecule has 0 bridgehead atoms. The van der Waals surface area contributed by atoms with Crippen molar-refractivity contribution >= 4 is 0 Å². The number of hydrogen-bond donors (Lipinski definition) is 1. The molecule has 2 spiro atoms. The Kier molecular flexibility index (Phi) is 3.60. The van der Waals surface area contributed by atoms with Crippen molar-refractivity contribution in [1.29, 1.82) is 0 Å². The fourth-order valence-electron chi connectivity index (χ4n) is 10.4. The maximum Gasteiger partial charge on any atom is 0.0757 e. The van der Waals surface area contributed by atoms with E-state index in [1.165, 1.54) is 57.8 Å². The molecule has 5 aliphatic carbocycles. The summed E-state index contributed by atoms with van der Waals surface area (Å²) in [6.07, 6.45) is 16.0. The van der Waals surface area contributed by atoms with Gasteiger partial charge in [-0.2, -0.15) is 0 Å². The normalized spacial score (nSPS) is 61.2. The molecule has 0 amide bonds. The topological polar surface area (TPSA) is 29.5 Å². The molecule has 5 saturated carbocycles. The van der Waals surface area contributed by atoms with Gasteiger partial charge in [0.2, 0.25) is 0 Å². The predicted octanol–water partition coefficient (Wildman–Crippen LogP) is 5.99. The van der Waals surface area contributed by atoms with Crippen molar-refractivity contribution in [2.24, 2.45) is 45.3 Å². The lowest BCUT2D eigenvalue weighted by Gasteiger charge is -2.59. The number of rotatable bonds is 1. The van der Waals surface area contributed by atoms with Gasteiger partial charge in [0.05, 0.1) is 18.3 Å². The molecule has 0 aromatic rings. The van der Waals surface area contributed by atoms with Gasteiger partial charge in [-0.15, -0.1) is 6.58 Å². The molecule has 6 fully saturated rings. The summed E-state index contributed by atoms with van der Waals surface area (Å²) in [6, 6.07) is 0. The van der Waals surface area contributed by atoms with Gasteiger partial charge in [-0.25, -0.2) is 0 Å². The summed E-state index contributed by atoms with van der Waals surface area (Å²) in [7, 11) is 0. The molecular weight excluding hydrogens is 344 g/mol. The quantitative estimate of drug-likeness (QED) is 0.561. The summed E-state index contributed by atoms with van der Waals surface area (Å²) in [6.45, 7) is 11.4. The Morgan fingerprint density at radius 2 is 1.71 bits per heavy atom. The summed E-state index contributed by atoms with van der Waals surface area (Å²) in [5.74, 6) is 3.32. The Balaban J connectivity index is 0.00000181. The summed E-state index contributed by atoms with van der Waals surface area (Å²) < 4.78 is 6.54. The molecule has 158 valence electrons. The number of fused-ring (bicyclic) bond motifs is 4. The smallest absolute Gasteiger partial charge is 0.0757 e. The second-order valence-electron chi connectivity index (χ2n) is 12.6. The van der Waals surface area contributed by atoms with Crippen LogP contribution in [0.4, 0.5) is 0 Å². The zero-order valence-electron chi connectivity index (χ0n) is 18.3. The van der Waals surface area contributed by atoms with Gasteiger partial charge >= 0.3 is 0 Å². The van der Waals surface area contributed by atoms with Crippen LogP contribution in [0, 0.1) is 45.3 Å². The fraction of sp³-hybridized carbons (Fsp3) is 0.923. The average molecular weight is 387 g/mol. The van der Waals surface area contributed by atoms with Crippen LogP contribution in [-0.4, -0.2) is 23.4 Å². The van der Waals surface area contributed by atoms with E-state index < -0.39 is 0 Å². The average Bonchev–Trinajstić information content (AvgIpc) is 3.25. The Labute approximate surface area is 173 Å². The SMILES string of the molecule is C=CC1CCC2C(CC3C4CCC5C(C)(C)[C@@H](O)CCC56CC46CCC23C)O1.[HH]. The number of aliphatic hydroxyl groups is 1. The lowest BCUT2D eigenvalue weighted by Crippen LogP contribution is -2.54. The standard InChI is InChI=1S/C26H40O2.H2/c1-5-16-6-7-18-20(28-16)14-19-17-8-9-21-23(2,3)22(27)10-11-26(21)15-25(17,26)13-12-24(18,19)4;/h5,16-22,27H,1,6-15H2,2-4H3;1H/t16?,17?,18?,19?,20?,21?,22-,24?,25?,26?;/m0./s1. The van der Waals surface area contributed by atoms with E-state index in [2.05, 4.69) is 27.4 Å². The Morgan fingerprint density at radius 3 is 2.50 bits per heavy atom. The van der Waals surface area contributed by atoms with Gasteiger partial charge in [-0.1, -0.05) is 26.8 Å². The van der Waals surface area contributed by atoms with Crippen molar-refractivity contribution in [1.82, 2.24) is 0 Å². The zero-order valence-corrected chi connectivity index (χ0v) is 18.3. The van der Waals surface area contributed by atoms with Crippen LogP contribution in [0.5, 0.6) is 0 Å². The molecule has 1 heterocycles. The van der Waals surface area contributed by atoms with E-state index in [1.54, 1.807) is 0 Å². The summed E-state index contributed by atoms with van der Waals surface area (Å²) in [5, 5.41) is 10.8. The van der Waals surface area contributed by atoms with E-state index in [-0.39, 0.29) is 12.9 Å². The van der Waals surface area contributed by atoms with Crippen molar-refractivity contribution in [3.8, 4) is 0 Å². The molecule has 0 radical (unpaired) electrons. The van der Waals surface area contributed by atoms with E-state index in [9.17, 15) is 5.11 Å². The van der Waals surface area contributed by atoms with Crippen LogP contribution < -0.4 is 0 Å². The van der Waals surface area contributed by atoms with Gasteiger partial charge in [0, 0.05) is 1.43 Å². The zero-order chi connectivity index (χ0) is 19.5. The molecule has 2 heteroatoms. The molecule has 6 aliphatic rings. The van der Waals surface area contributed by atoms with Crippen molar-refractivity contribution < 1.29 is 11.3 Å². The van der Waals surface area contributed by atoms with Gasteiger partial charge < -0.3 is 9.84 Å². The van der Waals surface area contributed by atoms with Crippen LogP contribution in [0.15, 0.2) is 12.7 Å². The summed E-state index contributed by atoms with van der Waals surface area (Å²) in [5.41, 5.74) is 1.80. The van der Waals surface area contributed by atoms with Crippen LogP contribution >= 0.6 is 0 Å². The van der Waals surface area contributed by atoms with Gasteiger partial charge in [0.15, 0.2) is 0 Å². The third kappa shape index (κ3) is 1.94. The Morgan fingerprint density at radius 1 is 0.929 bits per heavy atom. The van der Waals surface area contributed by atoms with Crippen molar-refractivity contribution in [3.63, 3.8) is 0 Å². The molecule has 2 nitrogen and oxygen atoms in total. The molecule has 6 rings (SSSR count). The third-order valence-corrected chi connectivity index (χ3v) is 11.9. The van der Waals surface area contributed by atoms with Gasteiger partial charge in [-0.3, -0.25) is 0 Å². The maximum absolute atomic E-state index is 10.8. The van der Waals surface area contributed by atoms with E-state index >= 15 is 0 Å².